The predicted octanol–water partition coefficient (Wildman–Crippen LogP) is 2.88. The fourth-order valence-corrected chi connectivity index (χ4v) is 3.41. The lowest BCUT2D eigenvalue weighted by Gasteiger charge is -2.26. The molecule has 0 bridgehead atoms. The van der Waals surface area contributed by atoms with Crippen LogP contribution in [-0.4, -0.2) is 22.2 Å². The highest BCUT2D eigenvalue weighted by atomic mass is 32.1. The highest BCUT2D eigenvalue weighted by Crippen LogP contribution is 2.26. The normalized spacial score (nSPS) is 19.7. The maximum atomic E-state index is 10.5. The molecule has 18 heavy (non-hydrogen) atoms. The van der Waals surface area contributed by atoms with Crippen LogP contribution in [0.3, 0.4) is 0 Å². The third-order valence-corrected chi connectivity index (χ3v) is 4.83. The second-order valence-corrected chi connectivity index (χ2v) is 6.52. The van der Waals surface area contributed by atoms with Gasteiger partial charge in [-0.15, -0.1) is 11.3 Å². The number of aryl methyl sites for hydroxylation is 1. The van der Waals surface area contributed by atoms with Crippen molar-refractivity contribution in [1.82, 2.24) is 10.3 Å². The van der Waals surface area contributed by atoms with E-state index in [1.165, 1.54) is 35.6 Å². The van der Waals surface area contributed by atoms with E-state index in [1.807, 2.05) is 6.20 Å². The van der Waals surface area contributed by atoms with Gasteiger partial charge in [-0.25, -0.2) is 4.98 Å². The summed E-state index contributed by atoms with van der Waals surface area (Å²) in [6.45, 7) is 3.68. The lowest BCUT2D eigenvalue weighted by molar-refractivity contribution is 0.0251. The summed E-state index contributed by atoms with van der Waals surface area (Å²) in [5.74, 6) is 0. The van der Waals surface area contributed by atoms with Crippen LogP contribution >= 0.6 is 11.3 Å². The van der Waals surface area contributed by atoms with Gasteiger partial charge >= 0.3 is 0 Å². The summed E-state index contributed by atoms with van der Waals surface area (Å²) in [7, 11) is 0. The van der Waals surface area contributed by atoms with Gasteiger partial charge in [-0.3, -0.25) is 0 Å². The van der Waals surface area contributed by atoms with Gasteiger partial charge in [0.25, 0.3) is 0 Å². The molecule has 1 fully saturated rings. The van der Waals surface area contributed by atoms with Gasteiger partial charge in [0.2, 0.25) is 0 Å². The Hall–Kier alpha value is -0.450. The van der Waals surface area contributed by atoms with Gasteiger partial charge in [-0.1, -0.05) is 32.6 Å². The first-order valence-electron chi connectivity index (χ1n) is 7.08. The molecule has 1 aromatic heterocycles. The maximum absolute atomic E-state index is 10.5. The van der Waals surface area contributed by atoms with Crippen molar-refractivity contribution >= 4 is 11.3 Å². The Morgan fingerprint density at radius 2 is 2.06 bits per heavy atom. The standard InChI is InChI=1S/C14H24N2OS/c1-2-13-16-10-12(18-13)9-15-11-14(17)7-5-3-4-6-8-14/h10,15,17H,2-9,11H2,1H3. The molecule has 1 aliphatic carbocycles. The van der Waals surface area contributed by atoms with Crippen molar-refractivity contribution in [2.24, 2.45) is 0 Å². The van der Waals surface area contributed by atoms with Gasteiger partial charge in [0.05, 0.1) is 10.6 Å². The molecule has 0 radical (unpaired) electrons. The van der Waals surface area contributed by atoms with Gasteiger partial charge < -0.3 is 10.4 Å². The van der Waals surface area contributed by atoms with E-state index in [-0.39, 0.29) is 0 Å². The summed E-state index contributed by atoms with van der Waals surface area (Å²) < 4.78 is 0. The lowest BCUT2D eigenvalue weighted by atomic mass is 9.94. The molecule has 102 valence electrons. The monoisotopic (exact) mass is 268 g/mol. The zero-order valence-corrected chi connectivity index (χ0v) is 12.1. The van der Waals surface area contributed by atoms with Crippen LogP contribution in [0.15, 0.2) is 6.20 Å². The van der Waals surface area contributed by atoms with Crippen molar-refractivity contribution < 1.29 is 5.11 Å². The summed E-state index contributed by atoms with van der Waals surface area (Å²) >= 11 is 1.77. The van der Waals surface area contributed by atoms with E-state index < -0.39 is 5.60 Å². The van der Waals surface area contributed by atoms with Crippen molar-refractivity contribution in [2.75, 3.05) is 6.54 Å². The van der Waals surface area contributed by atoms with Gasteiger partial charge in [-0.05, 0) is 19.3 Å². The van der Waals surface area contributed by atoms with Crippen LogP contribution in [0.5, 0.6) is 0 Å². The van der Waals surface area contributed by atoms with E-state index in [0.717, 1.165) is 25.8 Å². The van der Waals surface area contributed by atoms with Gasteiger partial charge in [-0.2, -0.15) is 0 Å². The SMILES string of the molecule is CCc1ncc(CNCC2(O)CCCCCC2)s1. The van der Waals surface area contributed by atoms with Gasteiger partial charge in [0.15, 0.2) is 0 Å². The average Bonchev–Trinajstić information content (AvgIpc) is 2.71. The van der Waals surface area contributed by atoms with Crippen LogP contribution in [0, 0.1) is 0 Å². The molecule has 4 heteroatoms. The van der Waals surface area contributed by atoms with E-state index in [1.54, 1.807) is 11.3 Å². The Morgan fingerprint density at radius 3 is 2.67 bits per heavy atom. The van der Waals surface area contributed by atoms with Crippen molar-refractivity contribution in [3.8, 4) is 0 Å². The van der Waals surface area contributed by atoms with Crippen LogP contribution < -0.4 is 5.32 Å². The molecular weight excluding hydrogens is 244 g/mol. The van der Waals surface area contributed by atoms with Crippen LogP contribution in [0.25, 0.3) is 0 Å². The third kappa shape index (κ3) is 4.04. The first-order chi connectivity index (χ1) is 8.72. The first-order valence-corrected chi connectivity index (χ1v) is 7.90. The van der Waals surface area contributed by atoms with Crippen molar-refractivity contribution in [1.29, 1.82) is 0 Å². The minimum absolute atomic E-state index is 0.477. The van der Waals surface area contributed by atoms with E-state index in [4.69, 9.17) is 0 Å². The number of hydrogen-bond donors (Lipinski definition) is 2. The van der Waals surface area contributed by atoms with Crippen molar-refractivity contribution in [3.63, 3.8) is 0 Å². The zero-order valence-electron chi connectivity index (χ0n) is 11.2. The number of hydrogen-bond acceptors (Lipinski definition) is 4. The minimum Gasteiger partial charge on any atom is -0.389 e. The van der Waals surface area contributed by atoms with Crippen LogP contribution in [0.2, 0.25) is 0 Å². The molecule has 0 saturated heterocycles. The number of aliphatic hydroxyl groups is 1. The highest BCUT2D eigenvalue weighted by molar-refractivity contribution is 7.11. The second kappa shape index (κ2) is 6.64. The predicted molar refractivity (Wildman–Crippen MR) is 75.9 cm³/mol. The molecule has 0 aromatic carbocycles. The van der Waals surface area contributed by atoms with Crippen molar-refractivity contribution in [2.45, 2.75) is 64.0 Å². The Labute approximate surface area is 114 Å². The smallest absolute Gasteiger partial charge is 0.0925 e. The fourth-order valence-electron chi connectivity index (χ4n) is 2.58. The molecular formula is C14H24N2OS. The molecule has 0 atom stereocenters. The molecule has 2 N–H and O–H groups in total. The molecule has 1 saturated carbocycles. The van der Waals surface area contributed by atoms with E-state index in [9.17, 15) is 5.11 Å². The number of nitrogens with zero attached hydrogens (tertiary/aromatic N) is 1. The molecule has 1 heterocycles. The number of nitrogens with one attached hydrogen (secondary N) is 1. The Balaban J connectivity index is 1.76. The lowest BCUT2D eigenvalue weighted by Crippen LogP contribution is -2.39. The molecule has 0 amide bonds. The fraction of sp³-hybridized carbons (Fsp3) is 0.786. The quantitative estimate of drug-likeness (QED) is 0.807. The van der Waals surface area contributed by atoms with E-state index in [0.29, 0.717) is 6.54 Å². The van der Waals surface area contributed by atoms with Crippen molar-refractivity contribution in [3.05, 3.63) is 16.1 Å². The van der Waals surface area contributed by atoms with Crippen LogP contribution in [-0.2, 0) is 13.0 Å². The minimum atomic E-state index is -0.477. The summed E-state index contributed by atoms with van der Waals surface area (Å²) in [5.41, 5.74) is -0.477. The Kier molecular flexibility index (Phi) is 5.15. The molecule has 1 aliphatic rings. The largest absolute Gasteiger partial charge is 0.389 e. The van der Waals surface area contributed by atoms with E-state index >= 15 is 0 Å². The topological polar surface area (TPSA) is 45.2 Å². The summed E-state index contributed by atoms with van der Waals surface area (Å²) in [6, 6.07) is 0. The first kappa shape index (κ1) is 14.0. The van der Waals surface area contributed by atoms with Crippen LogP contribution in [0.1, 0.15) is 55.3 Å². The molecule has 0 spiro atoms. The number of rotatable bonds is 5. The van der Waals surface area contributed by atoms with E-state index in [2.05, 4.69) is 17.2 Å². The number of thiazole rings is 1. The second-order valence-electron chi connectivity index (χ2n) is 5.32. The Bertz CT molecular complexity index is 356. The molecule has 0 unspecified atom stereocenters. The third-order valence-electron chi connectivity index (χ3n) is 3.69. The molecule has 2 rings (SSSR count). The average molecular weight is 268 g/mol. The Morgan fingerprint density at radius 1 is 1.33 bits per heavy atom. The number of aromatic nitrogens is 1. The highest BCUT2D eigenvalue weighted by Gasteiger charge is 2.27. The molecule has 1 aromatic rings. The summed E-state index contributed by atoms with van der Waals surface area (Å²) in [6.07, 6.45) is 9.74. The summed E-state index contributed by atoms with van der Waals surface area (Å²) in [5, 5.41) is 15.1. The molecule has 0 aliphatic heterocycles. The van der Waals surface area contributed by atoms with Gasteiger partial charge in [0.1, 0.15) is 0 Å². The summed E-state index contributed by atoms with van der Waals surface area (Å²) in [4.78, 5) is 5.62. The maximum Gasteiger partial charge on any atom is 0.0925 e. The van der Waals surface area contributed by atoms with Crippen LogP contribution in [0.4, 0.5) is 0 Å². The molecule has 3 nitrogen and oxygen atoms in total. The van der Waals surface area contributed by atoms with Gasteiger partial charge in [0, 0.05) is 24.2 Å². The zero-order chi connectivity index (χ0) is 12.8.